The molecular weight excluding hydrogens is 355 g/mol. The lowest BCUT2D eigenvalue weighted by atomic mass is 9.77. The number of nitrogens with zero attached hydrogens (tertiary/aromatic N) is 1. The zero-order chi connectivity index (χ0) is 17.7. The van der Waals surface area contributed by atoms with Crippen molar-refractivity contribution in [1.82, 2.24) is 4.90 Å². The van der Waals surface area contributed by atoms with Crippen molar-refractivity contribution in [1.29, 1.82) is 0 Å². The number of hydrogen-bond donors (Lipinski definition) is 1. The standard InChI is InChI=1S/C20H29FN2O2.ClH/c21-17-6-3-5-16(15-17)20(9-1-2-10-20)19(24)23-12-7-18(8-13-23)25-14-4-11-22;/h3,5-6,15,18H,1-2,4,7-14,22H2;1H. The summed E-state index contributed by atoms with van der Waals surface area (Å²) in [4.78, 5) is 15.3. The fraction of sp³-hybridized carbons (Fsp3) is 0.650. The van der Waals surface area contributed by atoms with E-state index in [0.717, 1.165) is 63.6 Å². The Balaban J connectivity index is 0.00000243. The molecular formula is C20H30ClFN2O2. The number of amides is 1. The lowest BCUT2D eigenvalue weighted by molar-refractivity contribution is -0.140. The summed E-state index contributed by atoms with van der Waals surface area (Å²) in [6.45, 7) is 2.79. The smallest absolute Gasteiger partial charge is 0.233 e. The van der Waals surface area contributed by atoms with E-state index in [-0.39, 0.29) is 30.2 Å². The van der Waals surface area contributed by atoms with Gasteiger partial charge in [-0.3, -0.25) is 4.79 Å². The van der Waals surface area contributed by atoms with E-state index >= 15 is 0 Å². The summed E-state index contributed by atoms with van der Waals surface area (Å²) in [6.07, 6.45) is 6.54. The fourth-order valence-electron chi connectivity index (χ4n) is 4.25. The summed E-state index contributed by atoms with van der Waals surface area (Å²) in [6, 6.07) is 6.62. The normalized spacial score (nSPS) is 20.0. The van der Waals surface area contributed by atoms with E-state index in [4.69, 9.17) is 10.5 Å². The van der Waals surface area contributed by atoms with Crippen LogP contribution in [0.15, 0.2) is 24.3 Å². The van der Waals surface area contributed by atoms with E-state index in [2.05, 4.69) is 0 Å². The lowest BCUT2D eigenvalue weighted by Gasteiger charge is -2.38. The molecule has 146 valence electrons. The Hall–Kier alpha value is -1.17. The first-order valence-electron chi connectivity index (χ1n) is 9.53. The quantitative estimate of drug-likeness (QED) is 0.764. The maximum Gasteiger partial charge on any atom is 0.233 e. The maximum absolute atomic E-state index is 13.7. The molecule has 0 spiro atoms. The van der Waals surface area contributed by atoms with Crippen LogP contribution in [0.5, 0.6) is 0 Å². The van der Waals surface area contributed by atoms with Crippen LogP contribution in [-0.4, -0.2) is 43.2 Å². The van der Waals surface area contributed by atoms with Gasteiger partial charge in [-0.15, -0.1) is 12.4 Å². The van der Waals surface area contributed by atoms with Crippen LogP contribution in [-0.2, 0) is 14.9 Å². The predicted octanol–water partition coefficient (Wildman–Crippen LogP) is 3.42. The van der Waals surface area contributed by atoms with Gasteiger partial charge in [0.15, 0.2) is 0 Å². The average Bonchev–Trinajstić information content (AvgIpc) is 3.13. The number of carbonyl (C=O) groups is 1. The van der Waals surface area contributed by atoms with Crippen molar-refractivity contribution in [2.24, 2.45) is 5.73 Å². The lowest BCUT2D eigenvalue weighted by Crippen LogP contribution is -2.49. The van der Waals surface area contributed by atoms with E-state index in [0.29, 0.717) is 13.2 Å². The number of ether oxygens (including phenoxy) is 1. The van der Waals surface area contributed by atoms with Gasteiger partial charge in [-0.05, 0) is 56.3 Å². The molecule has 1 heterocycles. The van der Waals surface area contributed by atoms with E-state index in [1.165, 1.54) is 6.07 Å². The fourth-order valence-corrected chi connectivity index (χ4v) is 4.25. The van der Waals surface area contributed by atoms with E-state index in [9.17, 15) is 9.18 Å². The van der Waals surface area contributed by atoms with E-state index in [1.807, 2.05) is 11.0 Å². The number of nitrogens with two attached hydrogens (primary N) is 1. The molecule has 0 atom stereocenters. The highest BCUT2D eigenvalue weighted by molar-refractivity contribution is 5.88. The molecule has 0 unspecified atom stereocenters. The van der Waals surface area contributed by atoms with Gasteiger partial charge in [0.1, 0.15) is 5.82 Å². The molecule has 1 aliphatic heterocycles. The van der Waals surface area contributed by atoms with Crippen molar-refractivity contribution in [3.8, 4) is 0 Å². The van der Waals surface area contributed by atoms with Crippen LogP contribution in [0.2, 0.25) is 0 Å². The first-order valence-corrected chi connectivity index (χ1v) is 9.53. The number of carbonyl (C=O) groups excluding carboxylic acids is 1. The van der Waals surface area contributed by atoms with Crippen LogP contribution in [0.1, 0.15) is 50.5 Å². The predicted molar refractivity (Wildman–Crippen MR) is 103 cm³/mol. The van der Waals surface area contributed by atoms with Gasteiger partial charge in [0, 0.05) is 19.7 Å². The number of piperidine rings is 1. The number of hydrogen-bond acceptors (Lipinski definition) is 3. The van der Waals surface area contributed by atoms with Gasteiger partial charge in [0.25, 0.3) is 0 Å². The highest BCUT2D eigenvalue weighted by Gasteiger charge is 2.45. The molecule has 1 amide bonds. The molecule has 1 saturated heterocycles. The van der Waals surface area contributed by atoms with Crippen LogP contribution in [0.3, 0.4) is 0 Å². The number of halogens is 2. The van der Waals surface area contributed by atoms with Crippen molar-refractivity contribution in [2.75, 3.05) is 26.2 Å². The second-order valence-electron chi connectivity index (χ2n) is 7.30. The van der Waals surface area contributed by atoms with Crippen LogP contribution < -0.4 is 5.73 Å². The molecule has 2 N–H and O–H groups in total. The van der Waals surface area contributed by atoms with Crippen molar-refractivity contribution in [3.05, 3.63) is 35.6 Å². The van der Waals surface area contributed by atoms with Crippen molar-refractivity contribution in [3.63, 3.8) is 0 Å². The highest BCUT2D eigenvalue weighted by Crippen LogP contribution is 2.43. The Morgan fingerprint density at radius 2 is 1.96 bits per heavy atom. The Morgan fingerprint density at radius 1 is 1.27 bits per heavy atom. The monoisotopic (exact) mass is 384 g/mol. The molecule has 26 heavy (non-hydrogen) atoms. The minimum absolute atomic E-state index is 0. The Kier molecular flexibility index (Phi) is 7.86. The van der Waals surface area contributed by atoms with Crippen LogP contribution in [0.25, 0.3) is 0 Å². The van der Waals surface area contributed by atoms with Crippen molar-refractivity contribution in [2.45, 2.75) is 56.5 Å². The molecule has 0 aromatic heterocycles. The molecule has 1 saturated carbocycles. The third kappa shape index (κ3) is 4.56. The number of benzene rings is 1. The summed E-state index contributed by atoms with van der Waals surface area (Å²) in [5, 5.41) is 0. The molecule has 6 heteroatoms. The molecule has 3 rings (SSSR count). The topological polar surface area (TPSA) is 55.6 Å². The van der Waals surface area contributed by atoms with Crippen molar-refractivity contribution >= 4 is 18.3 Å². The highest BCUT2D eigenvalue weighted by atomic mass is 35.5. The minimum atomic E-state index is -0.532. The summed E-state index contributed by atoms with van der Waals surface area (Å²) in [5.74, 6) is -0.0837. The first kappa shape index (κ1) is 21.1. The first-order chi connectivity index (χ1) is 12.2. The second kappa shape index (κ2) is 9.67. The van der Waals surface area contributed by atoms with Crippen LogP contribution in [0.4, 0.5) is 4.39 Å². The van der Waals surface area contributed by atoms with Gasteiger partial charge >= 0.3 is 0 Å². The van der Waals surface area contributed by atoms with E-state index in [1.54, 1.807) is 12.1 Å². The Morgan fingerprint density at radius 3 is 2.58 bits per heavy atom. The van der Waals surface area contributed by atoms with Crippen molar-refractivity contribution < 1.29 is 13.9 Å². The zero-order valence-electron chi connectivity index (χ0n) is 15.3. The van der Waals surface area contributed by atoms with Crippen LogP contribution >= 0.6 is 12.4 Å². The summed E-state index contributed by atoms with van der Waals surface area (Å²) in [5.41, 5.74) is 5.81. The third-order valence-corrected chi connectivity index (χ3v) is 5.67. The molecule has 2 aliphatic rings. The average molecular weight is 385 g/mol. The molecule has 4 nitrogen and oxygen atoms in total. The molecule has 2 fully saturated rings. The second-order valence-corrected chi connectivity index (χ2v) is 7.30. The molecule has 0 bridgehead atoms. The number of likely N-dealkylation sites (tertiary alicyclic amines) is 1. The summed E-state index contributed by atoms with van der Waals surface area (Å²) in [7, 11) is 0. The Bertz CT molecular complexity index is 585. The van der Waals surface area contributed by atoms with E-state index < -0.39 is 5.41 Å². The van der Waals surface area contributed by atoms with Gasteiger partial charge in [-0.25, -0.2) is 4.39 Å². The largest absolute Gasteiger partial charge is 0.378 e. The molecule has 1 aliphatic carbocycles. The van der Waals surface area contributed by atoms with Gasteiger partial charge < -0.3 is 15.4 Å². The SMILES string of the molecule is Cl.NCCCOC1CCN(C(=O)C2(c3cccc(F)c3)CCCC2)CC1. The minimum Gasteiger partial charge on any atom is -0.378 e. The molecule has 1 aromatic carbocycles. The Labute approximate surface area is 161 Å². The maximum atomic E-state index is 13.7. The summed E-state index contributed by atoms with van der Waals surface area (Å²) >= 11 is 0. The summed E-state index contributed by atoms with van der Waals surface area (Å²) < 4.78 is 19.6. The number of rotatable bonds is 6. The molecule has 0 radical (unpaired) electrons. The van der Waals surface area contributed by atoms with Gasteiger partial charge in [0.05, 0.1) is 11.5 Å². The molecule has 1 aromatic rings. The van der Waals surface area contributed by atoms with Gasteiger partial charge in [0.2, 0.25) is 5.91 Å². The van der Waals surface area contributed by atoms with Gasteiger partial charge in [-0.1, -0.05) is 25.0 Å². The van der Waals surface area contributed by atoms with Gasteiger partial charge in [-0.2, -0.15) is 0 Å². The van der Waals surface area contributed by atoms with Crippen LogP contribution in [0, 0.1) is 5.82 Å². The third-order valence-electron chi connectivity index (χ3n) is 5.67. The zero-order valence-corrected chi connectivity index (χ0v) is 16.1.